The zero-order valence-corrected chi connectivity index (χ0v) is 10.7. The third-order valence-corrected chi connectivity index (χ3v) is 3.57. The highest BCUT2D eigenvalue weighted by atomic mass is 32.1. The molecule has 2 atom stereocenters. The second-order valence-electron chi connectivity index (χ2n) is 4.43. The summed E-state index contributed by atoms with van der Waals surface area (Å²) in [4.78, 5) is 0. The first-order chi connectivity index (χ1) is 7.72. The smallest absolute Gasteiger partial charge is 0.195 e. The van der Waals surface area contributed by atoms with E-state index in [2.05, 4.69) is 28.6 Å². The van der Waals surface area contributed by atoms with Gasteiger partial charge in [0.15, 0.2) is 4.77 Å². The van der Waals surface area contributed by atoms with Crippen LogP contribution in [0, 0.1) is 10.7 Å². The first kappa shape index (κ1) is 11.8. The summed E-state index contributed by atoms with van der Waals surface area (Å²) < 4.78 is 8.45. The van der Waals surface area contributed by atoms with Crippen LogP contribution in [0.2, 0.25) is 0 Å². The van der Waals surface area contributed by atoms with Crippen LogP contribution in [0.25, 0.3) is 0 Å². The highest BCUT2D eigenvalue weighted by Crippen LogP contribution is 2.22. The molecule has 1 saturated heterocycles. The molecular weight excluding hydrogens is 222 g/mol. The second-order valence-corrected chi connectivity index (χ2v) is 4.82. The minimum atomic E-state index is 0.339. The summed E-state index contributed by atoms with van der Waals surface area (Å²) in [5.74, 6) is 1.64. The molecule has 90 valence electrons. The molecule has 0 saturated carbocycles. The Morgan fingerprint density at radius 2 is 2.44 bits per heavy atom. The molecule has 4 nitrogen and oxygen atoms in total. The SMILES string of the molecule is CCCc1n[nH]c(=S)n1CC1CCOC1C. The molecule has 0 aliphatic carbocycles. The summed E-state index contributed by atoms with van der Waals surface area (Å²) in [7, 11) is 0. The highest BCUT2D eigenvalue weighted by Gasteiger charge is 2.25. The predicted octanol–water partition coefficient (Wildman–Crippen LogP) is 2.32. The van der Waals surface area contributed by atoms with Crippen molar-refractivity contribution in [1.82, 2.24) is 14.8 Å². The van der Waals surface area contributed by atoms with Crippen LogP contribution in [0.15, 0.2) is 0 Å². The van der Waals surface area contributed by atoms with Gasteiger partial charge in [0.25, 0.3) is 0 Å². The molecule has 2 heterocycles. The Labute approximate surface area is 101 Å². The van der Waals surface area contributed by atoms with Gasteiger partial charge in [0.05, 0.1) is 6.10 Å². The maximum atomic E-state index is 5.58. The van der Waals surface area contributed by atoms with Gasteiger partial charge in [0.1, 0.15) is 5.82 Å². The molecule has 0 aromatic carbocycles. The number of nitrogens with one attached hydrogen (secondary N) is 1. The van der Waals surface area contributed by atoms with Gasteiger partial charge in [0, 0.05) is 25.5 Å². The minimum Gasteiger partial charge on any atom is -0.378 e. The van der Waals surface area contributed by atoms with Gasteiger partial charge in [-0.15, -0.1) is 0 Å². The second kappa shape index (κ2) is 5.10. The summed E-state index contributed by atoms with van der Waals surface area (Å²) in [5, 5.41) is 7.16. The summed E-state index contributed by atoms with van der Waals surface area (Å²) in [6.45, 7) is 6.11. The van der Waals surface area contributed by atoms with Gasteiger partial charge in [-0.05, 0) is 32.0 Å². The van der Waals surface area contributed by atoms with Crippen LogP contribution in [0.4, 0.5) is 0 Å². The first-order valence-electron chi connectivity index (χ1n) is 5.98. The zero-order valence-electron chi connectivity index (χ0n) is 9.90. The Balaban J connectivity index is 2.13. The fourth-order valence-corrected chi connectivity index (χ4v) is 2.43. The van der Waals surface area contributed by atoms with Gasteiger partial charge in [-0.3, -0.25) is 5.10 Å². The van der Waals surface area contributed by atoms with Crippen molar-refractivity contribution in [3.8, 4) is 0 Å². The molecule has 1 aromatic heterocycles. The van der Waals surface area contributed by atoms with Gasteiger partial charge in [-0.25, -0.2) is 0 Å². The number of nitrogens with zero attached hydrogens (tertiary/aromatic N) is 2. The predicted molar refractivity (Wildman–Crippen MR) is 64.9 cm³/mol. The Morgan fingerprint density at radius 1 is 1.62 bits per heavy atom. The molecule has 0 spiro atoms. The van der Waals surface area contributed by atoms with E-state index in [0.717, 1.165) is 43.0 Å². The lowest BCUT2D eigenvalue weighted by Gasteiger charge is -2.15. The lowest BCUT2D eigenvalue weighted by molar-refractivity contribution is 0.101. The fourth-order valence-electron chi connectivity index (χ4n) is 2.20. The van der Waals surface area contributed by atoms with Crippen LogP contribution < -0.4 is 0 Å². The molecule has 2 unspecified atom stereocenters. The van der Waals surface area contributed by atoms with Gasteiger partial charge >= 0.3 is 0 Å². The van der Waals surface area contributed by atoms with E-state index in [-0.39, 0.29) is 0 Å². The van der Waals surface area contributed by atoms with E-state index >= 15 is 0 Å². The van der Waals surface area contributed by atoms with E-state index in [4.69, 9.17) is 17.0 Å². The van der Waals surface area contributed by atoms with Gasteiger partial charge < -0.3 is 9.30 Å². The molecule has 1 fully saturated rings. The standard InChI is InChI=1S/C11H19N3OS/c1-3-4-10-12-13-11(16)14(10)7-9-5-6-15-8(9)2/h8-9H,3-7H2,1-2H3,(H,13,16). The molecule has 1 aliphatic rings. The van der Waals surface area contributed by atoms with Crippen LogP contribution in [0.1, 0.15) is 32.5 Å². The van der Waals surface area contributed by atoms with Gasteiger partial charge in [0.2, 0.25) is 0 Å². The number of hydrogen-bond acceptors (Lipinski definition) is 3. The van der Waals surface area contributed by atoms with Crippen molar-refractivity contribution in [3.63, 3.8) is 0 Å². The summed E-state index contributed by atoms with van der Waals surface area (Å²) >= 11 is 5.26. The number of rotatable bonds is 4. The van der Waals surface area contributed by atoms with E-state index in [0.29, 0.717) is 12.0 Å². The minimum absolute atomic E-state index is 0.339. The van der Waals surface area contributed by atoms with E-state index in [1.165, 1.54) is 0 Å². The van der Waals surface area contributed by atoms with Crippen LogP contribution >= 0.6 is 12.2 Å². The molecule has 0 amide bonds. The summed E-state index contributed by atoms with van der Waals surface area (Å²) in [5.41, 5.74) is 0. The molecular formula is C11H19N3OS. The molecule has 2 rings (SSSR count). The van der Waals surface area contributed by atoms with Crippen molar-refractivity contribution < 1.29 is 4.74 Å². The van der Waals surface area contributed by atoms with Gasteiger partial charge in [-0.2, -0.15) is 5.10 Å². The molecule has 0 radical (unpaired) electrons. The number of H-pyrrole nitrogens is 1. The number of hydrogen-bond donors (Lipinski definition) is 1. The summed E-state index contributed by atoms with van der Waals surface area (Å²) in [6.07, 6.45) is 3.54. The van der Waals surface area contributed by atoms with Crippen LogP contribution in [0.3, 0.4) is 0 Å². The number of aromatic nitrogens is 3. The van der Waals surface area contributed by atoms with Crippen molar-refractivity contribution in [2.75, 3.05) is 6.61 Å². The maximum absolute atomic E-state index is 5.58. The van der Waals surface area contributed by atoms with Crippen molar-refractivity contribution in [2.45, 2.75) is 45.8 Å². The van der Waals surface area contributed by atoms with Crippen molar-refractivity contribution in [1.29, 1.82) is 0 Å². The van der Waals surface area contributed by atoms with E-state index in [9.17, 15) is 0 Å². The third kappa shape index (κ3) is 2.35. The molecule has 0 bridgehead atoms. The lowest BCUT2D eigenvalue weighted by atomic mass is 10.0. The quantitative estimate of drug-likeness (QED) is 0.823. The van der Waals surface area contributed by atoms with E-state index in [1.807, 2.05) is 0 Å². The van der Waals surface area contributed by atoms with Crippen LogP contribution in [0.5, 0.6) is 0 Å². The fraction of sp³-hybridized carbons (Fsp3) is 0.818. The third-order valence-electron chi connectivity index (χ3n) is 3.26. The normalized spacial score (nSPS) is 25.1. The topological polar surface area (TPSA) is 42.8 Å². The van der Waals surface area contributed by atoms with Crippen molar-refractivity contribution in [3.05, 3.63) is 10.6 Å². The lowest BCUT2D eigenvalue weighted by Crippen LogP contribution is -2.19. The summed E-state index contributed by atoms with van der Waals surface area (Å²) in [6, 6.07) is 0. The van der Waals surface area contributed by atoms with Crippen LogP contribution in [-0.2, 0) is 17.7 Å². The number of aromatic amines is 1. The Kier molecular flexibility index (Phi) is 3.76. The Morgan fingerprint density at radius 3 is 3.06 bits per heavy atom. The zero-order chi connectivity index (χ0) is 11.5. The van der Waals surface area contributed by atoms with Crippen molar-refractivity contribution >= 4 is 12.2 Å². The Hall–Kier alpha value is -0.680. The van der Waals surface area contributed by atoms with E-state index < -0.39 is 0 Å². The molecule has 16 heavy (non-hydrogen) atoms. The van der Waals surface area contributed by atoms with Gasteiger partial charge in [-0.1, -0.05) is 6.92 Å². The number of aryl methyl sites for hydroxylation is 1. The average Bonchev–Trinajstić information content (AvgIpc) is 2.80. The van der Waals surface area contributed by atoms with E-state index in [1.54, 1.807) is 0 Å². The first-order valence-corrected chi connectivity index (χ1v) is 6.39. The highest BCUT2D eigenvalue weighted by molar-refractivity contribution is 7.71. The molecule has 1 N–H and O–H groups in total. The molecule has 1 aliphatic heterocycles. The average molecular weight is 241 g/mol. The van der Waals surface area contributed by atoms with Crippen LogP contribution in [-0.4, -0.2) is 27.5 Å². The largest absolute Gasteiger partial charge is 0.378 e. The monoisotopic (exact) mass is 241 g/mol. The molecule has 5 heteroatoms. The maximum Gasteiger partial charge on any atom is 0.195 e. The molecule has 1 aromatic rings. The number of ether oxygens (including phenoxy) is 1. The van der Waals surface area contributed by atoms with Crippen molar-refractivity contribution in [2.24, 2.45) is 5.92 Å². The Bertz CT molecular complexity index is 398.